The molecule has 2 rings (SSSR count). The first-order valence-electron chi connectivity index (χ1n) is 5.18. The number of rotatable bonds is 4. The highest BCUT2D eigenvalue weighted by atomic mass is 79.9. The van der Waals surface area contributed by atoms with Crippen molar-refractivity contribution in [3.63, 3.8) is 0 Å². The topological polar surface area (TPSA) is 47.3 Å². The van der Waals surface area contributed by atoms with Crippen molar-refractivity contribution in [1.82, 2.24) is 5.43 Å². The Labute approximate surface area is 123 Å². The zero-order chi connectivity index (χ0) is 13.1. The van der Waals surface area contributed by atoms with Gasteiger partial charge < -0.3 is 4.74 Å². The van der Waals surface area contributed by atoms with Crippen molar-refractivity contribution in [2.24, 2.45) is 5.84 Å². The van der Waals surface area contributed by atoms with Gasteiger partial charge in [-0.2, -0.15) is 11.3 Å². The Morgan fingerprint density at radius 3 is 2.72 bits per heavy atom. The van der Waals surface area contributed by atoms with Crippen LogP contribution in [0.25, 0.3) is 0 Å². The molecule has 1 unspecified atom stereocenters. The summed E-state index contributed by atoms with van der Waals surface area (Å²) < 4.78 is 6.37. The molecule has 0 bridgehead atoms. The number of thiophene rings is 1. The smallest absolute Gasteiger partial charge is 0.124 e. The van der Waals surface area contributed by atoms with Crippen LogP contribution in [0.3, 0.4) is 0 Å². The first-order chi connectivity index (χ1) is 8.67. The predicted octanol–water partition coefficient (Wildman–Crippen LogP) is 3.73. The van der Waals surface area contributed by atoms with Crippen LogP contribution < -0.4 is 16.0 Å². The van der Waals surface area contributed by atoms with Gasteiger partial charge in [-0.05, 0) is 45.1 Å². The van der Waals surface area contributed by atoms with Gasteiger partial charge >= 0.3 is 0 Å². The molecule has 1 aromatic heterocycles. The minimum atomic E-state index is -0.167. The third-order valence-electron chi connectivity index (χ3n) is 2.62. The summed E-state index contributed by atoms with van der Waals surface area (Å²) in [6.45, 7) is 0. The molecule has 18 heavy (non-hydrogen) atoms. The second-order valence-corrected chi connectivity index (χ2v) is 5.70. The Morgan fingerprint density at radius 1 is 1.39 bits per heavy atom. The van der Waals surface area contributed by atoms with E-state index < -0.39 is 0 Å². The molecule has 0 amide bonds. The number of methoxy groups -OCH3 is 1. The van der Waals surface area contributed by atoms with Crippen LogP contribution in [0.5, 0.6) is 5.75 Å². The zero-order valence-electron chi connectivity index (χ0n) is 9.61. The molecule has 1 aromatic carbocycles. The first-order valence-corrected chi connectivity index (χ1v) is 7.30. The van der Waals surface area contributed by atoms with Gasteiger partial charge in [-0.25, -0.2) is 5.43 Å². The van der Waals surface area contributed by atoms with E-state index in [9.17, 15) is 0 Å². The first kappa shape index (κ1) is 13.8. The number of ether oxygens (including phenoxy) is 1. The maximum Gasteiger partial charge on any atom is 0.124 e. The van der Waals surface area contributed by atoms with Crippen molar-refractivity contribution in [1.29, 1.82) is 0 Å². The average molecular weight is 348 g/mol. The quantitative estimate of drug-likeness (QED) is 0.654. The fourth-order valence-electron chi connectivity index (χ4n) is 1.78. The van der Waals surface area contributed by atoms with Gasteiger partial charge in [0.15, 0.2) is 0 Å². The lowest BCUT2D eigenvalue weighted by molar-refractivity contribution is 0.404. The van der Waals surface area contributed by atoms with Crippen molar-refractivity contribution in [3.05, 3.63) is 49.6 Å². The van der Waals surface area contributed by atoms with Crippen LogP contribution >= 0.6 is 38.9 Å². The summed E-state index contributed by atoms with van der Waals surface area (Å²) in [7, 11) is 1.63. The fraction of sp³-hybridized carbons (Fsp3) is 0.167. The van der Waals surface area contributed by atoms with E-state index in [4.69, 9.17) is 22.2 Å². The van der Waals surface area contributed by atoms with Gasteiger partial charge in [0.05, 0.1) is 13.2 Å². The molecule has 3 nitrogen and oxygen atoms in total. The molecule has 0 aliphatic carbocycles. The third-order valence-corrected chi connectivity index (χ3v) is 4.61. The normalized spacial score (nSPS) is 12.4. The second kappa shape index (κ2) is 6.04. The molecule has 96 valence electrons. The predicted molar refractivity (Wildman–Crippen MR) is 79.2 cm³/mol. The van der Waals surface area contributed by atoms with Crippen LogP contribution in [0, 0.1) is 0 Å². The molecule has 3 N–H and O–H groups in total. The van der Waals surface area contributed by atoms with E-state index in [0.29, 0.717) is 5.02 Å². The summed E-state index contributed by atoms with van der Waals surface area (Å²) in [5.74, 6) is 6.42. The molecule has 2 aromatic rings. The monoisotopic (exact) mass is 346 g/mol. The largest absolute Gasteiger partial charge is 0.496 e. The Hall–Kier alpha value is -0.590. The van der Waals surface area contributed by atoms with Crippen LogP contribution in [0.2, 0.25) is 5.02 Å². The van der Waals surface area contributed by atoms with E-state index in [1.165, 1.54) is 0 Å². The lowest BCUT2D eigenvalue weighted by Crippen LogP contribution is -2.29. The number of hydrogen-bond donors (Lipinski definition) is 2. The van der Waals surface area contributed by atoms with Gasteiger partial charge in [0.2, 0.25) is 0 Å². The van der Waals surface area contributed by atoms with Crippen LogP contribution in [-0.2, 0) is 0 Å². The molecular formula is C12H12BrClN2OS. The van der Waals surface area contributed by atoms with Crippen molar-refractivity contribution in [2.75, 3.05) is 7.11 Å². The summed E-state index contributed by atoms with van der Waals surface area (Å²) in [5.41, 5.74) is 4.77. The fourth-order valence-corrected chi connectivity index (χ4v) is 3.51. The SMILES string of the molecule is COc1ccc(Cl)cc1C(NN)c1cscc1Br. The molecule has 0 saturated heterocycles. The highest BCUT2D eigenvalue weighted by Crippen LogP contribution is 2.36. The minimum absolute atomic E-state index is 0.167. The van der Waals surface area contributed by atoms with Gasteiger partial charge in [-0.1, -0.05) is 11.6 Å². The molecule has 6 heteroatoms. The van der Waals surface area contributed by atoms with E-state index in [2.05, 4.69) is 21.4 Å². The Kier molecular flexibility index (Phi) is 4.64. The van der Waals surface area contributed by atoms with E-state index in [-0.39, 0.29) is 6.04 Å². The number of hydrazine groups is 1. The molecule has 0 radical (unpaired) electrons. The van der Waals surface area contributed by atoms with Crippen molar-refractivity contribution >= 4 is 38.9 Å². The molecule has 0 saturated carbocycles. The average Bonchev–Trinajstić information content (AvgIpc) is 2.77. The summed E-state index contributed by atoms with van der Waals surface area (Å²) >= 11 is 11.2. The number of nitrogens with two attached hydrogens (primary N) is 1. The lowest BCUT2D eigenvalue weighted by atomic mass is 10.0. The summed E-state index contributed by atoms with van der Waals surface area (Å²) in [5, 5.41) is 4.70. The second-order valence-electron chi connectivity index (χ2n) is 3.66. The minimum Gasteiger partial charge on any atom is -0.496 e. The van der Waals surface area contributed by atoms with E-state index in [1.807, 2.05) is 22.9 Å². The van der Waals surface area contributed by atoms with Crippen LogP contribution in [0.15, 0.2) is 33.4 Å². The standard InChI is InChI=1S/C12H12BrClN2OS/c1-17-11-3-2-7(14)4-8(11)12(16-15)9-5-18-6-10(9)13/h2-6,12,16H,15H2,1H3. The van der Waals surface area contributed by atoms with Crippen LogP contribution in [0.4, 0.5) is 0 Å². The number of benzene rings is 1. The van der Waals surface area contributed by atoms with Gasteiger partial charge in [0, 0.05) is 20.4 Å². The molecule has 0 fully saturated rings. The Balaban J connectivity index is 2.51. The zero-order valence-corrected chi connectivity index (χ0v) is 12.8. The van der Waals surface area contributed by atoms with Crippen molar-refractivity contribution in [3.8, 4) is 5.75 Å². The highest BCUT2D eigenvalue weighted by Gasteiger charge is 2.20. The number of hydrogen-bond acceptors (Lipinski definition) is 4. The van der Waals surface area contributed by atoms with E-state index in [0.717, 1.165) is 21.3 Å². The summed E-state index contributed by atoms with van der Waals surface area (Å²) in [6.07, 6.45) is 0. The van der Waals surface area contributed by atoms with E-state index >= 15 is 0 Å². The molecule has 0 spiro atoms. The lowest BCUT2D eigenvalue weighted by Gasteiger charge is -2.19. The maximum atomic E-state index is 6.04. The van der Waals surface area contributed by atoms with Gasteiger partial charge in [0.25, 0.3) is 0 Å². The molecular weight excluding hydrogens is 336 g/mol. The third kappa shape index (κ3) is 2.70. The highest BCUT2D eigenvalue weighted by molar-refractivity contribution is 9.10. The van der Waals surface area contributed by atoms with Crippen LogP contribution in [0.1, 0.15) is 17.2 Å². The number of halogens is 2. The summed E-state index contributed by atoms with van der Waals surface area (Å²) in [6, 6.07) is 5.32. The van der Waals surface area contributed by atoms with Crippen molar-refractivity contribution in [2.45, 2.75) is 6.04 Å². The maximum absolute atomic E-state index is 6.04. The van der Waals surface area contributed by atoms with Gasteiger partial charge in [-0.15, -0.1) is 0 Å². The van der Waals surface area contributed by atoms with Gasteiger partial charge in [0.1, 0.15) is 5.75 Å². The molecule has 1 heterocycles. The Morgan fingerprint density at radius 2 is 2.17 bits per heavy atom. The Bertz CT molecular complexity index is 547. The van der Waals surface area contributed by atoms with Crippen molar-refractivity contribution < 1.29 is 4.74 Å². The molecule has 0 aliphatic rings. The number of nitrogens with one attached hydrogen (secondary N) is 1. The van der Waals surface area contributed by atoms with Gasteiger partial charge in [-0.3, -0.25) is 5.84 Å². The molecule has 0 aliphatic heterocycles. The van der Waals surface area contributed by atoms with Crippen LogP contribution in [-0.4, -0.2) is 7.11 Å². The van der Waals surface area contributed by atoms with E-state index in [1.54, 1.807) is 24.5 Å². The summed E-state index contributed by atoms with van der Waals surface area (Å²) in [4.78, 5) is 0. The molecule has 1 atom stereocenters.